The fraction of sp³-hybridized carbons (Fsp3) is 0.571. The van der Waals surface area contributed by atoms with Gasteiger partial charge < -0.3 is 15.8 Å². The normalized spacial score (nSPS) is 19.1. The lowest BCUT2D eigenvalue weighted by molar-refractivity contribution is -0.117. The number of rotatable bonds is 7. The summed E-state index contributed by atoms with van der Waals surface area (Å²) < 4.78 is 5.63. The molecular weight excluding hydrogens is 256 g/mol. The van der Waals surface area contributed by atoms with Gasteiger partial charge in [0.05, 0.1) is 12.7 Å². The summed E-state index contributed by atoms with van der Waals surface area (Å²) in [6, 6.07) is 2.49. The summed E-state index contributed by atoms with van der Waals surface area (Å²) in [6.07, 6.45) is 6.02. The summed E-state index contributed by atoms with van der Waals surface area (Å²) in [5, 5.41) is 2.90. The molecule has 6 nitrogen and oxygen atoms in total. The first-order chi connectivity index (χ1) is 9.66. The highest BCUT2D eigenvalue weighted by molar-refractivity contribution is 5.75. The third-order valence-corrected chi connectivity index (χ3v) is 3.49. The van der Waals surface area contributed by atoms with Crippen molar-refractivity contribution in [3.8, 4) is 5.75 Å². The van der Waals surface area contributed by atoms with Crippen LogP contribution in [0.5, 0.6) is 5.75 Å². The van der Waals surface area contributed by atoms with E-state index < -0.39 is 0 Å². The van der Waals surface area contributed by atoms with Crippen molar-refractivity contribution < 1.29 is 9.53 Å². The van der Waals surface area contributed by atoms with Crippen LogP contribution in [0.4, 0.5) is 0 Å². The van der Waals surface area contributed by atoms with Gasteiger partial charge in [-0.1, -0.05) is 0 Å². The molecule has 1 atom stereocenters. The molecule has 2 rings (SSSR count). The second kappa shape index (κ2) is 7.21. The van der Waals surface area contributed by atoms with Crippen molar-refractivity contribution in [1.82, 2.24) is 15.2 Å². The molecule has 110 valence electrons. The number of amides is 1. The number of aromatic nitrogens is 1. The minimum atomic E-state index is -0.363. The second-order valence-corrected chi connectivity index (χ2v) is 5.08. The Hall–Kier alpha value is -1.66. The maximum absolute atomic E-state index is 10.6. The van der Waals surface area contributed by atoms with E-state index in [1.54, 1.807) is 6.20 Å². The van der Waals surface area contributed by atoms with E-state index >= 15 is 0 Å². The van der Waals surface area contributed by atoms with Crippen molar-refractivity contribution in [3.05, 3.63) is 24.0 Å². The summed E-state index contributed by atoms with van der Waals surface area (Å²) in [7, 11) is 2.14. The van der Waals surface area contributed by atoms with Crippen molar-refractivity contribution in [1.29, 1.82) is 0 Å². The van der Waals surface area contributed by atoms with E-state index in [1.807, 2.05) is 12.3 Å². The first-order valence-corrected chi connectivity index (χ1v) is 6.94. The van der Waals surface area contributed by atoms with E-state index in [0.29, 0.717) is 19.2 Å². The highest BCUT2D eigenvalue weighted by Crippen LogP contribution is 2.31. The number of hydrogen-bond acceptors (Lipinski definition) is 5. The molecule has 1 fully saturated rings. The Bertz CT molecular complexity index is 453. The third kappa shape index (κ3) is 4.18. The average molecular weight is 278 g/mol. The first kappa shape index (κ1) is 14.7. The largest absolute Gasteiger partial charge is 0.491 e. The molecule has 3 N–H and O–H groups in total. The first-order valence-electron chi connectivity index (χ1n) is 6.94. The number of likely N-dealkylation sites (tertiary alicyclic amines) is 1. The highest BCUT2D eigenvalue weighted by atomic mass is 16.5. The summed E-state index contributed by atoms with van der Waals surface area (Å²) in [6.45, 7) is 2.37. The maximum atomic E-state index is 10.6. The molecule has 1 aliphatic rings. The number of carbonyl (C=O) groups is 1. The minimum Gasteiger partial charge on any atom is -0.491 e. The van der Waals surface area contributed by atoms with Crippen LogP contribution < -0.4 is 15.8 Å². The van der Waals surface area contributed by atoms with E-state index in [1.165, 1.54) is 18.4 Å². The van der Waals surface area contributed by atoms with Crippen LogP contribution in [0.2, 0.25) is 0 Å². The van der Waals surface area contributed by atoms with Crippen molar-refractivity contribution >= 4 is 5.91 Å². The van der Waals surface area contributed by atoms with Crippen LogP contribution in [0, 0.1) is 0 Å². The predicted octanol–water partition coefficient (Wildman–Crippen LogP) is 0.302. The molecule has 1 aromatic rings. The van der Waals surface area contributed by atoms with Gasteiger partial charge in [0.2, 0.25) is 5.91 Å². The Kier molecular flexibility index (Phi) is 5.31. The lowest BCUT2D eigenvalue weighted by atomic mass is 10.1. The van der Waals surface area contributed by atoms with Crippen LogP contribution in [-0.2, 0) is 4.79 Å². The summed E-state index contributed by atoms with van der Waals surface area (Å²) in [5.41, 5.74) is 6.23. The molecule has 1 amide bonds. The molecule has 0 aromatic carbocycles. The molecule has 0 saturated carbocycles. The van der Waals surface area contributed by atoms with Crippen LogP contribution in [0.3, 0.4) is 0 Å². The topological polar surface area (TPSA) is 80.5 Å². The van der Waals surface area contributed by atoms with E-state index in [4.69, 9.17) is 10.5 Å². The van der Waals surface area contributed by atoms with E-state index in [2.05, 4.69) is 22.2 Å². The number of hydrogen-bond donors (Lipinski definition) is 2. The van der Waals surface area contributed by atoms with Gasteiger partial charge in [0.15, 0.2) is 0 Å². The second-order valence-electron chi connectivity index (χ2n) is 5.08. The maximum Gasteiger partial charge on any atom is 0.231 e. The van der Waals surface area contributed by atoms with Gasteiger partial charge in [0.25, 0.3) is 0 Å². The van der Waals surface area contributed by atoms with Crippen LogP contribution >= 0.6 is 0 Å². The SMILES string of the molecule is CN1CCC[C@H]1c1cncc(OCCNCC(N)=O)c1. The zero-order valence-corrected chi connectivity index (χ0v) is 11.8. The Morgan fingerprint density at radius 3 is 3.15 bits per heavy atom. The summed E-state index contributed by atoms with van der Waals surface area (Å²) in [4.78, 5) is 17.1. The number of nitrogens with two attached hydrogens (primary N) is 1. The van der Waals surface area contributed by atoms with Gasteiger partial charge in [0.1, 0.15) is 12.4 Å². The van der Waals surface area contributed by atoms with Gasteiger partial charge in [0, 0.05) is 18.8 Å². The van der Waals surface area contributed by atoms with Gasteiger partial charge in [-0.25, -0.2) is 0 Å². The molecule has 0 bridgehead atoms. The molecule has 0 aliphatic carbocycles. The van der Waals surface area contributed by atoms with Crippen LogP contribution in [0.1, 0.15) is 24.4 Å². The van der Waals surface area contributed by atoms with Crippen molar-refractivity contribution in [3.63, 3.8) is 0 Å². The van der Waals surface area contributed by atoms with E-state index in [-0.39, 0.29) is 12.5 Å². The number of nitrogens with zero attached hydrogens (tertiary/aromatic N) is 2. The van der Waals surface area contributed by atoms with Gasteiger partial charge in [-0.05, 0) is 38.1 Å². The molecule has 0 unspecified atom stereocenters. The van der Waals surface area contributed by atoms with E-state index in [0.717, 1.165) is 12.3 Å². The predicted molar refractivity (Wildman–Crippen MR) is 76.4 cm³/mol. The number of carbonyl (C=O) groups excluding carboxylic acids is 1. The van der Waals surface area contributed by atoms with Gasteiger partial charge in [-0.3, -0.25) is 14.7 Å². The fourth-order valence-electron chi connectivity index (χ4n) is 2.48. The quantitative estimate of drug-likeness (QED) is 0.701. The zero-order chi connectivity index (χ0) is 14.4. The molecule has 0 radical (unpaired) electrons. The molecule has 1 aliphatic heterocycles. The molecular formula is C14H22N4O2. The lowest BCUT2D eigenvalue weighted by Crippen LogP contribution is -2.31. The molecule has 20 heavy (non-hydrogen) atoms. The number of primary amides is 1. The van der Waals surface area contributed by atoms with Crippen molar-refractivity contribution in [2.24, 2.45) is 5.73 Å². The highest BCUT2D eigenvalue weighted by Gasteiger charge is 2.22. The molecule has 2 heterocycles. The van der Waals surface area contributed by atoms with Crippen LogP contribution in [-0.4, -0.2) is 49.1 Å². The van der Waals surface area contributed by atoms with Crippen molar-refractivity contribution in [2.75, 3.05) is 33.3 Å². The van der Waals surface area contributed by atoms with Gasteiger partial charge >= 0.3 is 0 Å². The Morgan fingerprint density at radius 2 is 2.45 bits per heavy atom. The number of pyridine rings is 1. The van der Waals surface area contributed by atoms with Crippen LogP contribution in [0.25, 0.3) is 0 Å². The summed E-state index contributed by atoms with van der Waals surface area (Å²) >= 11 is 0. The zero-order valence-electron chi connectivity index (χ0n) is 11.8. The Labute approximate surface area is 119 Å². The molecule has 1 saturated heterocycles. The summed E-state index contributed by atoms with van der Waals surface area (Å²) in [5.74, 6) is 0.404. The Morgan fingerprint density at radius 1 is 1.60 bits per heavy atom. The van der Waals surface area contributed by atoms with Crippen LogP contribution in [0.15, 0.2) is 18.5 Å². The molecule has 1 aromatic heterocycles. The molecule has 0 spiro atoms. The average Bonchev–Trinajstić information content (AvgIpc) is 2.85. The third-order valence-electron chi connectivity index (χ3n) is 3.49. The smallest absolute Gasteiger partial charge is 0.231 e. The number of ether oxygens (including phenoxy) is 1. The van der Waals surface area contributed by atoms with Gasteiger partial charge in [-0.15, -0.1) is 0 Å². The van der Waals surface area contributed by atoms with Crippen molar-refractivity contribution in [2.45, 2.75) is 18.9 Å². The lowest BCUT2D eigenvalue weighted by Gasteiger charge is -2.19. The number of nitrogens with one attached hydrogen (secondary N) is 1. The van der Waals surface area contributed by atoms with E-state index in [9.17, 15) is 4.79 Å². The fourth-order valence-corrected chi connectivity index (χ4v) is 2.48. The molecule has 6 heteroatoms. The monoisotopic (exact) mass is 278 g/mol. The van der Waals surface area contributed by atoms with Gasteiger partial charge in [-0.2, -0.15) is 0 Å². The minimum absolute atomic E-state index is 0.175. The standard InChI is InChI=1S/C14H22N4O2/c1-18-5-2-3-13(18)11-7-12(9-17-8-11)20-6-4-16-10-14(15)19/h7-9,13,16H,2-6,10H2,1H3,(H2,15,19)/t13-/m0/s1. The Balaban J connectivity index is 1.82.